The zero-order valence-corrected chi connectivity index (χ0v) is 12.1. The third-order valence-corrected chi connectivity index (χ3v) is 4.15. The van der Waals surface area contributed by atoms with Gasteiger partial charge in [0.05, 0.1) is 5.02 Å². The van der Waals surface area contributed by atoms with Crippen LogP contribution in [0, 0.1) is 17.7 Å². The van der Waals surface area contributed by atoms with Crippen molar-refractivity contribution in [3.8, 4) is 11.8 Å². The van der Waals surface area contributed by atoms with Crippen LogP contribution in [-0.4, -0.2) is 11.7 Å². The van der Waals surface area contributed by atoms with E-state index in [1.165, 1.54) is 17.8 Å². The molecule has 102 valence electrons. The third-order valence-electron chi connectivity index (χ3n) is 2.58. The second-order valence-corrected chi connectivity index (χ2v) is 5.41. The summed E-state index contributed by atoms with van der Waals surface area (Å²) >= 11 is 7.55. The van der Waals surface area contributed by atoms with Crippen molar-refractivity contribution in [3.05, 3.63) is 64.4 Å². The summed E-state index contributed by atoms with van der Waals surface area (Å²) in [4.78, 5) is 0.928. The first kappa shape index (κ1) is 14.9. The maximum absolute atomic E-state index is 13.9. The molecule has 2 aromatic rings. The second kappa shape index (κ2) is 7.35. The van der Waals surface area contributed by atoms with Gasteiger partial charge in [-0.1, -0.05) is 41.6 Å². The van der Waals surface area contributed by atoms with Crippen LogP contribution in [-0.2, 0) is 5.75 Å². The van der Waals surface area contributed by atoms with E-state index in [9.17, 15) is 4.39 Å². The number of thioether (sulfide) groups is 1. The van der Waals surface area contributed by atoms with Crippen molar-refractivity contribution in [3.63, 3.8) is 0 Å². The number of rotatable bonds is 3. The molecule has 1 N–H and O–H groups in total. The molecule has 0 radical (unpaired) electrons. The molecular formula is C16H12ClFOS. The molecule has 0 aliphatic rings. The maximum atomic E-state index is 13.9. The van der Waals surface area contributed by atoms with E-state index >= 15 is 0 Å². The van der Waals surface area contributed by atoms with Crippen LogP contribution < -0.4 is 0 Å². The Morgan fingerprint density at radius 3 is 2.70 bits per heavy atom. The predicted octanol–water partition coefficient (Wildman–Crippen LogP) is 4.12. The molecule has 0 aliphatic carbocycles. The number of aliphatic hydroxyl groups excluding tert-OH is 1. The first-order valence-corrected chi connectivity index (χ1v) is 7.32. The molecule has 0 amide bonds. The monoisotopic (exact) mass is 306 g/mol. The average molecular weight is 307 g/mol. The van der Waals surface area contributed by atoms with E-state index in [0.717, 1.165) is 4.90 Å². The molecule has 20 heavy (non-hydrogen) atoms. The van der Waals surface area contributed by atoms with Crippen LogP contribution in [0.1, 0.15) is 11.1 Å². The number of aliphatic hydroxyl groups is 1. The van der Waals surface area contributed by atoms with E-state index in [-0.39, 0.29) is 12.4 Å². The summed E-state index contributed by atoms with van der Waals surface area (Å²) in [5.41, 5.74) is 1.16. The van der Waals surface area contributed by atoms with E-state index < -0.39 is 0 Å². The molecule has 0 spiro atoms. The van der Waals surface area contributed by atoms with Crippen LogP contribution in [0.15, 0.2) is 47.4 Å². The highest BCUT2D eigenvalue weighted by atomic mass is 35.5. The zero-order chi connectivity index (χ0) is 14.4. The lowest BCUT2D eigenvalue weighted by Crippen LogP contribution is -1.89. The number of benzene rings is 2. The molecule has 0 bridgehead atoms. The second-order valence-electron chi connectivity index (χ2n) is 3.99. The first-order chi connectivity index (χ1) is 9.70. The summed E-state index contributed by atoms with van der Waals surface area (Å²) in [5.74, 6) is 5.38. The molecule has 0 heterocycles. The first-order valence-electron chi connectivity index (χ1n) is 5.96. The Morgan fingerprint density at radius 2 is 2.00 bits per heavy atom. The fraction of sp³-hybridized carbons (Fsp3) is 0.125. The smallest absolute Gasteiger partial charge is 0.128 e. The van der Waals surface area contributed by atoms with Gasteiger partial charge in [-0.3, -0.25) is 0 Å². The quantitative estimate of drug-likeness (QED) is 0.680. The Hall–Kier alpha value is -1.47. The Kier molecular flexibility index (Phi) is 5.49. The number of hydrogen-bond donors (Lipinski definition) is 1. The van der Waals surface area contributed by atoms with Crippen LogP contribution in [0.2, 0.25) is 5.02 Å². The highest BCUT2D eigenvalue weighted by Crippen LogP contribution is 2.30. The molecule has 0 saturated heterocycles. The normalized spacial score (nSPS) is 9.95. The summed E-state index contributed by atoms with van der Waals surface area (Å²) < 4.78 is 13.9. The lowest BCUT2D eigenvalue weighted by atomic mass is 10.1. The van der Waals surface area contributed by atoms with E-state index in [1.807, 2.05) is 24.3 Å². The fourth-order valence-corrected chi connectivity index (χ4v) is 2.83. The number of halogens is 2. The van der Waals surface area contributed by atoms with Crippen molar-refractivity contribution in [2.45, 2.75) is 10.6 Å². The van der Waals surface area contributed by atoms with Crippen LogP contribution in [0.4, 0.5) is 4.39 Å². The lowest BCUT2D eigenvalue weighted by molar-refractivity contribution is 0.350. The van der Waals surface area contributed by atoms with Crippen molar-refractivity contribution < 1.29 is 9.50 Å². The van der Waals surface area contributed by atoms with Gasteiger partial charge in [0, 0.05) is 16.2 Å². The Morgan fingerprint density at radius 1 is 1.20 bits per heavy atom. The van der Waals surface area contributed by atoms with E-state index in [1.54, 1.807) is 12.1 Å². The maximum Gasteiger partial charge on any atom is 0.128 e. The standard InChI is InChI=1S/C16H12ClFOS/c17-14-5-1-2-6-16(14)20-11-13-8-7-12(4-3-9-19)10-15(13)18/h1-2,5-8,10,19H,9,11H2. The number of hydrogen-bond acceptors (Lipinski definition) is 2. The molecular weight excluding hydrogens is 295 g/mol. The average Bonchev–Trinajstić information content (AvgIpc) is 2.45. The molecule has 2 aromatic carbocycles. The van der Waals surface area contributed by atoms with Crippen LogP contribution in [0.5, 0.6) is 0 Å². The van der Waals surface area contributed by atoms with Gasteiger partial charge in [-0.2, -0.15) is 0 Å². The van der Waals surface area contributed by atoms with Gasteiger partial charge in [-0.15, -0.1) is 11.8 Å². The van der Waals surface area contributed by atoms with Crippen molar-refractivity contribution in [1.82, 2.24) is 0 Å². The topological polar surface area (TPSA) is 20.2 Å². The van der Waals surface area contributed by atoms with Crippen molar-refractivity contribution in [1.29, 1.82) is 0 Å². The van der Waals surface area contributed by atoms with E-state index in [2.05, 4.69) is 11.8 Å². The van der Waals surface area contributed by atoms with E-state index in [4.69, 9.17) is 16.7 Å². The Balaban J connectivity index is 2.09. The highest BCUT2D eigenvalue weighted by molar-refractivity contribution is 7.98. The summed E-state index contributed by atoms with van der Waals surface area (Å²) in [6.45, 7) is -0.230. The van der Waals surface area contributed by atoms with Gasteiger partial charge in [-0.25, -0.2) is 4.39 Å². The van der Waals surface area contributed by atoms with Crippen molar-refractivity contribution >= 4 is 23.4 Å². The minimum Gasteiger partial charge on any atom is -0.384 e. The van der Waals surface area contributed by atoms with Crippen molar-refractivity contribution in [2.24, 2.45) is 0 Å². The molecule has 0 aliphatic heterocycles. The van der Waals surface area contributed by atoms with Gasteiger partial charge >= 0.3 is 0 Å². The zero-order valence-electron chi connectivity index (χ0n) is 10.6. The molecule has 0 atom stereocenters. The summed E-state index contributed by atoms with van der Waals surface area (Å²) in [6.07, 6.45) is 0. The molecule has 0 unspecified atom stereocenters. The SMILES string of the molecule is OCC#Cc1ccc(CSc2ccccc2Cl)c(F)c1. The van der Waals surface area contributed by atoms with Gasteiger partial charge in [0.25, 0.3) is 0 Å². The molecule has 2 rings (SSSR count). The van der Waals surface area contributed by atoms with Crippen LogP contribution in [0.25, 0.3) is 0 Å². The summed E-state index contributed by atoms with van der Waals surface area (Å²) in [5, 5.41) is 9.27. The van der Waals surface area contributed by atoms with Gasteiger partial charge < -0.3 is 5.11 Å². The van der Waals surface area contributed by atoms with Gasteiger partial charge in [0.1, 0.15) is 12.4 Å². The molecule has 4 heteroatoms. The molecule has 0 saturated carbocycles. The third kappa shape index (κ3) is 4.01. The summed E-state index contributed by atoms with van der Waals surface area (Å²) in [7, 11) is 0. The minimum atomic E-state index is -0.297. The Labute approximate surface area is 126 Å². The van der Waals surface area contributed by atoms with Crippen molar-refractivity contribution in [2.75, 3.05) is 6.61 Å². The van der Waals surface area contributed by atoms with Gasteiger partial charge in [0.2, 0.25) is 0 Å². The van der Waals surface area contributed by atoms with E-state index in [0.29, 0.717) is 21.9 Å². The molecule has 0 aromatic heterocycles. The fourth-order valence-electron chi connectivity index (χ4n) is 1.60. The largest absolute Gasteiger partial charge is 0.384 e. The summed E-state index contributed by atoms with van der Waals surface area (Å²) in [6, 6.07) is 12.3. The van der Waals surface area contributed by atoms with Gasteiger partial charge in [0.15, 0.2) is 0 Å². The molecule has 0 fully saturated rings. The minimum absolute atomic E-state index is 0.230. The highest BCUT2D eigenvalue weighted by Gasteiger charge is 2.05. The van der Waals surface area contributed by atoms with Crippen LogP contribution >= 0.6 is 23.4 Å². The predicted molar refractivity (Wildman–Crippen MR) is 81.4 cm³/mol. The van der Waals surface area contributed by atoms with Gasteiger partial charge in [-0.05, 0) is 29.8 Å². The Bertz CT molecular complexity index is 661. The molecule has 1 nitrogen and oxygen atoms in total. The lowest BCUT2D eigenvalue weighted by Gasteiger charge is -2.05. The van der Waals surface area contributed by atoms with Crippen LogP contribution in [0.3, 0.4) is 0 Å².